The fraction of sp³-hybridized carbons (Fsp3) is 0.435. The number of benzene rings is 1. The summed E-state index contributed by atoms with van der Waals surface area (Å²) in [6.45, 7) is 1.36. The number of carbonyl (C=O) groups excluding carboxylic acids is 1. The molecule has 0 radical (unpaired) electrons. The summed E-state index contributed by atoms with van der Waals surface area (Å²) in [6.07, 6.45) is 7.50. The largest absolute Gasteiger partial charge is 0.310 e. The van der Waals surface area contributed by atoms with Gasteiger partial charge >= 0.3 is 0 Å². The van der Waals surface area contributed by atoms with Crippen molar-refractivity contribution in [2.75, 3.05) is 11.1 Å². The summed E-state index contributed by atoms with van der Waals surface area (Å²) < 4.78 is 1.67. The van der Waals surface area contributed by atoms with Gasteiger partial charge in [-0.3, -0.25) is 9.59 Å². The molecule has 172 valence electrons. The van der Waals surface area contributed by atoms with E-state index in [2.05, 4.69) is 37.0 Å². The number of aromatic nitrogens is 4. The molecule has 2 aliphatic rings. The molecule has 1 aromatic carbocycles. The molecule has 1 aliphatic heterocycles. The van der Waals surface area contributed by atoms with Crippen molar-refractivity contribution in [2.45, 2.75) is 55.9 Å². The number of thioether (sulfide) groups is 1. The molecule has 10 heteroatoms. The summed E-state index contributed by atoms with van der Waals surface area (Å²) in [7, 11) is 1.80. The normalized spacial score (nSPS) is 20.5. The first-order chi connectivity index (χ1) is 16.1. The standard InChI is InChI=1S/C23H27N7O2S/c1-30-20(32)12-26-18-4-2-3-14(21(18)30)9-24-15-5-7-16(8-6-15)25-10-17-11-27-23-22(28-17)29-19(31)13-33-23/h2-4,11-12,15-16,24-25H,5-10,13H2,1H3,(H,28,29,31). The predicted octanol–water partition coefficient (Wildman–Crippen LogP) is 1.96. The first kappa shape index (κ1) is 22.0. The number of nitrogens with zero attached hydrogens (tertiary/aromatic N) is 4. The predicted molar refractivity (Wildman–Crippen MR) is 128 cm³/mol. The van der Waals surface area contributed by atoms with Crippen LogP contribution in [-0.2, 0) is 24.9 Å². The first-order valence-corrected chi connectivity index (χ1v) is 12.2. The highest BCUT2D eigenvalue weighted by atomic mass is 32.2. The number of amides is 1. The molecule has 0 saturated heterocycles. The lowest BCUT2D eigenvalue weighted by molar-refractivity contribution is -0.113. The van der Waals surface area contributed by atoms with Crippen LogP contribution in [0.2, 0.25) is 0 Å². The van der Waals surface area contributed by atoms with E-state index in [9.17, 15) is 9.59 Å². The average molecular weight is 466 g/mol. The Labute approximate surface area is 195 Å². The lowest BCUT2D eigenvalue weighted by atomic mass is 9.91. The number of anilines is 1. The van der Waals surface area contributed by atoms with Crippen LogP contribution in [0.5, 0.6) is 0 Å². The third-order valence-electron chi connectivity index (χ3n) is 6.35. The Bertz CT molecular complexity index is 1240. The van der Waals surface area contributed by atoms with Crippen LogP contribution in [0.1, 0.15) is 36.9 Å². The molecular formula is C23H27N7O2S. The van der Waals surface area contributed by atoms with Crippen molar-refractivity contribution in [3.63, 3.8) is 0 Å². The van der Waals surface area contributed by atoms with Crippen molar-refractivity contribution in [3.05, 3.63) is 52.2 Å². The number of nitrogens with one attached hydrogen (secondary N) is 3. The van der Waals surface area contributed by atoms with Gasteiger partial charge in [0.05, 0.1) is 34.9 Å². The molecule has 33 heavy (non-hydrogen) atoms. The van der Waals surface area contributed by atoms with Crippen LogP contribution >= 0.6 is 11.8 Å². The van der Waals surface area contributed by atoms with Crippen molar-refractivity contribution in [2.24, 2.45) is 7.05 Å². The maximum absolute atomic E-state index is 12.0. The van der Waals surface area contributed by atoms with Gasteiger partial charge in [-0.2, -0.15) is 0 Å². The number of para-hydroxylation sites is 1. The number of hydrogen-bond donors (Lipinski definition) is 3. The molecule has 1 saturated carbocycles. The highest BCUT2D eigenvalue weighted by Gasteiger charge is 2.22. The van der Waals surface area contributed by atoms with Gasteiger partial charge in [-0.15, -0.1) is 0 Å². The quantitative estimate of drug-likeness (QED) is 0.506. The monoisotopic (exact) mass is 465 g/mol. The molecule has 0 spiro atoms. The van der Waals surface area contributed by atoms with Gasteiger partial charge in [0.15, 0.2) is 5.82 Å². The minimum Gasteiger partial charge on any atom is -0.310 e. The fourth-order valence-corrected chi connectivity index (χ4v) is 5.23. The van der Waals surface area contributed by atoms with Crippen molar-refractivity contribution in [1.82, 2.24) is 30.2 Å². The highest BCUT2D eigenvalue weighted by molar-refractivity contribution is 8.00. The zero-order chi connectivity index (χ0) is 22.8. The Hall–Kier alpha value is -2.82. The van der Waals surface area contributed by atoms with Gasteiger partial charge in [-0.25, -0.2) is 15.0 Å². The Balaban J connectivity index is 1.12. The zero-order valence-electron chi connectivity index (χ0n) is 18.5. The van der Waals surface area contributed by atoms with E-state index in [0.29, 0.717) is 36.7 Å². The second-order valence-corrected chi connectivity index (χ2v) is 9.57. The second kappa shape index (κ2) is 9.58. The SMILES string of the molecule is Cn1c(=O)cnc2cccc(CNC3CCC(NCc4cnc5c(n4)NC(=O)CS5)CC3)c21. The van der Waals surface area contributed by atoms with Crippen LogP contribution in [0.15, 0.2) is 40.4 Å². The first-order valence-electron chi connectivity index (χ1n) is 11.3. The summed E-state index contributed by atoms with van der Waals surface area (Å²) in [6, 6.07) is 6.87. The smallest absolute Gasteiger partial charge is 0.269 e. The van der Waals surface area contributed by atoms with Gasteiger partial charge in [-0.1, -0.05) is 23.9 Å². The van der Waals surface area contributed by atoms with E-state index in [4.69, 9.17) is 0 Å². The Kier molecular flexibility index (Phi) is 6.39. The van der Waals surface area contributed by atoms with Gasteiger partial charge in [0, 0.05) is 32.2 Å². The molecular weight excluding hydrogens is 438 g/mol. The minimum absolute atomic E-state index is 0.0280. The fourth-order valence-electron chi connectivity index (χ4n) is 4.53. The minimum atomic E-state index is -0.0914. The molecule has 3 N–H and O–H groups in total. The maximum atomic E-state index is 12.0. The van der Waals surface area contributed by atoms with Crippen molar-refractivity contribution in [1.29, 1.82) is 0 Å². The molecule has 1 fully saturated rings. The van der Waals surface area contributed by atoms with Gasteiger partial charge in [0.1, 0.15) is 5.03 Å². The van der Waals surface area contributed by atoms with E-state index in [1.54, 1.807) is 17.8 Å². The lowest BCUT2D eigenvalue weighted by Crippen LogP contribution is -2.39. The molecule has 9 nitrogen and oxygen atoms in total. The van der Waals surface area contributed by atoms with E-state index < -0.39 is 0 Å². The van der Waals surface area contributed by atoms with E-state index in [1.165, 1.54) is 18.0 Å². The Morgan fingerprint density at radius 2 is 1.82 bits per heavy atom. The number of aryl methyl sites for hydroxylation is 1. The van der Waals surface area contributed by atoms with Crippen LogP contribution in [0, 0.1) is 0 Å². The second-order valence-electron chi connectivity index (χ2n) is 8.60. The average Bonchev–Trinajstić information content (AvgIpc) is 2.84. The molecule has 5 rings (SSSR count). The van der Waals surface area contributed by atoms with Crippen LogP contribution < -0.4 is 21.5 Å². The zero-order valence-corrected chi connectivity index (χ0v) is 19.3. The van der Waals surface area contributed by atoms with E-state index in [0.717, 1.165) is 53.0 Å². The number of carbonyl (C=O) groups is 1. The van der Waals surface area contributed by atoms with Crippen molar-refractivity contribution < 1.29 is 4.79 Å². The van der Waals surface area contributed by atoms with Crippen LogP contribution in [0.25, 0.3) is 11.0 Å². The highest BCUT2D eigenvalue weighted by Crippen LogP contribution is 2.27. The molecule has 1 amide bonds. The van der Waals surface area contributed by atoms with E-state index in [-0.39, 0.29) is 11.5 Å². The van der Waals surface area contributed by atoms with Gasteiger partial charge in [0.25, 0.3) is 5.56 Å². The molecule has 0 atom stereocenters. The summed E-state index contributed by atoms with van der Waals surface area (Å²) in [5, 5.41) is 10.8. The Morgan fingerprint density at radius 1 is 1.06 bits per heavy atom. The number of hydrogen-bond acceptors (Lipinski definition) is 8. The topological polar surface area (TPSA) is 114 Å². The van der Waals surface area contributed by atoms with Gasteiger partial charge < -0.3 is 20.5 Å². The third-order valence-corrected chi connectivity index (χ3v) is 7.32. The molecule has 3 aromatic rings. The summed E-state index contributed by atoms with van der Waals surface area (Å²) >= 11 is 1.42. The number of fused-ring (bicyclic) bond motifs is 2. The maximum Gasteiger partial charge on any atom is 0.269 e. The molecule has 0 unspecified atom stereocenters. The van der Waals surface area contributed by atoms with Crippen LogP contribution in [0.4, 0.5) is 5.82 Å². The van der Waals surface area contributed by atoms with Crippen LogP contribution in [0.3, 0.4) is 0 Å². The molecule has 1 aliphatic carbocycles. The molecule has 0 bridgehead atoms. The van der Waals surface area contributed by atoms with Gasteiger partial charge in [-0.05, 0) is 37.3 Å². The van der Waals surface area contributed by atoms with Gasteiger partial charge in [0.2, 0.25) is 5.91 Å². The van der Waals surface area contributed by atoms with Crippen molar-refractivity contribution in [3.8, 4) is 0 Å². The van der Waals surface area contributed by atoms with E-state index in [1.807, 2.05) is 12.1 Å². The third kappa shape index (κ3) is 4.92. The number of rotatable bonds is 6. The molecule has 3 heterocycles. The molecule has 2 aromatic heterocycles. The Morgan fingerprint density at radius 3 is 2.61 bits per heavy atom. The summed E-state index contributed by atoms with van der Waals surface area (Å²) in [5.74, 6) is 0.941. The van der Waals surface area contributed by atoms with Crippen LogP contribution in [-0.4, -0.2) is 43.3 Å². The summed E-state index contributed by atoms with van der Waals surface area (Å²) in [4.78, 5) is 36.8. The van der Waals surface area contributed by atoms with E-state index >= 15 is 0 Å². The lowest BCUT2D eigenvalue weighted by Gasteiger charge is -2.30. The van der Waals surface area contributed by atoms with Crippen molar-refractivity contribution >= 4 is 34.5 Å². The summed E-state index contributed by atoms with van der Waals surface area (Å²) in [5.41, 5.74) is 3.58.